The Labute approximate surface area is 160 Å². The van der Waals surface area contributed by atoms with Gasteiger partial charge in [0.2, 0.25) is 0 Å². The summed E-state index contributed by atoms with van der Waals surface area (Å²) in [5.74, 6) is -2.90. The van der Waals surface area contributed by atoms with Gasteiger partial charge < -0.3 is 5.73 Å². The summed E-state index contributed by atoms with van der Waals surface area (Å²) >= 11 is 5.97. The third-order valence-electron chi connectivity index (χ3n) is 4.04. The summed E-state index contributed by atoms with van der Waals surface area (Å²) in [5, 5.41) is 3.01. The van der Waals surface area contributed by atoms with Gasteiger partial charge >= 0.3 is 6.18 Å². The van der Waals surface area contributed by atoms with Gasteiger partial charge in [0, 0.05) is 18.2 Å². The van der Waals surface area contributed by atoms with E-state index in [2.05, 4.69) is 5.10 Å². The van der Waals surface area contributed by atoms with Crippen LogP contribution < -0.4 is 5.73 Å². The van der Waals surface area contributed by atoms with Crippen LogP contribution in [0.2, 0.25) is 5.02 Å². The van der Waals surface area contributed by atoms with Gasteiger partial charge in [-0.05, 0) is 29.8 Å². The summed E-state index contributed by atoms with van der Waals surface area (Å²) in [6, 6.07) is 6.86. The Bertz CT molecular complexity index is 1090. The van der Waals surface area contributed by atoms with Crippen LogP contribution in [0.3, 0.4) is 0 Å². The van der Waals surface area contributed by atoms with Crippen molar-refractivity contribution in [2.75, 3.05) is 0 Å². The number of carbonyl (C=O) groups excluding carboxylic acids is 1. The van der Waals surface area contributed by atoms with Crippen molar-refractivity contribution in [3.05, 3.63) is 64.3 Å². The summed E-state index contributed by atoms with van der Waals surface area (Å²) in [6.45, 7) is 0. The highest BCUT2D eigenvalue weighted by Crippen LogP contribution is 2.41. The highest BCUT2D eigenvalue weighted by atomic mass is 35.5. The van der Waals surface area contributed by atoms with E-state index in [1.54, 1.807) is 0 Å². The van der Waals surface area contributed by atoms with Crippen molar-refractivity contribution in [3.8, 4) is 22.4 Å². The van der Waals surface area contributed by atoms with Crippen LogP contribution >= 0.6 is 11.6 Å². The van der Waals surface area contributed by atoms with Crippen molar-refractivity contribution in [1.82, 2.24) is 9.78 Å². The van der Waals surface area contributed by atoms with Gasteiger partial charge in [0.1, 0.15) is 11.6 Å². The van der Waals surface area contributed by atoms with Crippen molar-refractivity contribution >= 4 is 17.5 Å². The SMILES string of the molecule is Cn1nc(C(F)(F)F)c(C(N)=O)c1-c1ccc(F)cc1-c1cccc(F)c1Cl. The topological polar surface area (TPSA) is 60.9 Å². The van der Waals surface area contributed by atoms with Crippen LogP contribution in [0.4, 0.5) is 22.0 Å². The molecule has 0 fully saturated rings. The maximum absolute atomic E-state index is 13.9. The van der Waals surface area contributed by atoms with E-state index in [1.165, 1.54) is 19.2 Å². The predicted molar refractivity (Wildman–Crippen MR) is 92.5 cm³/mol. The molecule has 1 heterocycles. The maximum Gasteiger partial charge on any atom is 0.435 e. The quantitative estimate of drug-likeness (QED) is 0.624. The fourth-order valence-electron chi connectivity index (χ4n) is 2.92. The second-order valence-electron chi connectivity index (χ2n) is 5.85. The number of rotatable bonds is 3. The zero-order valence-electron chi connectivity index (χ0n) is 14.1. The minimum Gasteiger partial charge on any atom is -0.365 e. The van der Waals surface area contributed by atoms with E-state index >= 15 is 0 Å². The molecular formula is C18H11ClF5N3O. The number of alkyl halides is 3. The van der Waals surface area contributed by atoms with Crippen LogP contribution in [-0.4, -0.2) is 15.7 Å². The average molecular weight is 416 g/mol. The zero-order valence-corrected chi connectivity index (χ0v) is 14.9. The molecule has 0 aliphatic heterocycles. The second kappa shape index (κ2) is 6.90. The molecule has 146 valence electrons. The summed E-state index contributed by atoms with van der Waals surface area (Å²) < 4.78 is 68.5. The molecule has 0 atom stereocenters. The standard InChI is InChI=1S/C18H11ClF5N3O/c1-27-15(13(17(25)28)16(26-27)18(22,23)24)10-6-5-8(20)7-11(10)9-3-2-4-12(21)14(9)19/h2-7H,1H3,(H2,25,28). The molecule has 0 saturated heterocycles. The third-order valence-corrected chi connectivity index (χ3v) is 4.42. The number of hydrogen-bond donors (Lipinski definition) is 1. The molecule has 4 nitrogen and oxygen atoms in total. The first-order valence-corrected chi connectivity index (χ1v) is 8.08. The summed E-state index contributed by atoms with van der Waals surface area (Å²) in [5.41, 5.74) is 2.52. The lowest BCUT2D eigenvalue weighted by molar-refractivity contribution is -0.141. The van der Waals surface area contributed by atoms with Crippen LogP contribution in [0.25, 0.3) is 22.4 Å². The number of hydrogen-bond acceptors (Lipinski definition) is 2. The predicted octanol–water partition coefficient (Wildman–Crippen LogP) is 4.80. The number of nitrogens with two attached hydrogens (primary N) is 1. The van der Waals surface area contributed by atoms with Crippen LogP contribution in [0.15, 0.2) is 36.4 Å². The molecule has 28 heavy (non-hydrogen) atoms. The molecule has 10 heteroatoms. The van der Waals surface area contributed by atoms with Crippen LogP contribution in [0.1, 0.15) is 16.1 Å². The molecule has 0 saturated carbocycles. The van der Waals surface area contributed by atoms with E-state index in [4.69, 9.17) is 17.3 Å². The van der Waals surface area contributed by atoms with Crippen LogP contribution in [-0.2, 0) is 13.2 Å². The lowest BCUT2D eigenvalue weighted by Gasteiger charge is -2.14. The molecule has 1 aromatic heterocycles. The van der Waals surface area contributed by atoms with E-state index in [0.717, 1.165) is 28.9 Å². The number of nitrogens with zero attached hydrogens (tertiary/aromatic N) is 2. The lowest BCUT2D eigenvalue weighted by Crippen LogP contribution is -2.18. The summed E-state index contributed by atoms with van der Waals surface area (Å²) in [6.07, 6.45) is -4.95. The van der Waals surface area contributed by atoms with E-state index in [1.807, 2.05) is 0 Å². The van der Waals surface area contributed by atoms with E-state index < -0.39 is 35.0 Å². The van der Waals surface area contributed by atoms with Gasteiger partial charge in [0.15, 0.2) is 5.69 Å². The van der Waals surface area contributed by atoms with Crippen molar-refractivity contribution < 1.29 is 26.7 Å². The highest BCUT2D eigenvalue weighted by molar-refractivity contribution is 6.33. The molecule has 0 spiro atoms. The van der Waals surface area contributed by atoms with Gasteiger partial charge in [0.25, 0.3) is 5.91 Å². The van der Waals surface area contributed by atoms with Gasteiger partial charge in [-0.25, -0.2) is 8.78 Å². The molecule has 0 unspecified atom stereocenters. The van der Waals surface area contributed by atoms with E-state index in [9.17, 15) is 26.7 Å². The van der Waals surface area contributed by atoms with Crippen LogP contribution in [0, 0.1) is 11.6 Å². The maximum atomic E-state index is 13.9. The first kappa shape index (κ1) is 19.8. The van der Waals surface area contributed by atoms with Crippen molar-refractivity contribution in [1.29, 1.82) is 0 Å². The number of amides is 1. The highest BCUT2D eigenvalue weighted by Gasteiger charge is 2.41. The monoisotopic (exact) mass is 415 g/mol. The Morgan fingerprint density at radius 1 is 1.11 bits per heavy atom. The molecule has 0 aliphatic rings. The fraction of sp³-hybridized carbons (Fsp3) is 0.111. The lowest BCUT2D eigenvalue weighted by atomic mass is 9.94. The van der Waals surface area contributed by atoms with Gasteiger partial charge in [-0.3, -0.25) is 9.48 Å². The number of halogens is 6. The fourth-order valence-corrected chi connectivity index (χ4v) is 3.15. The number of primary amides is 1. The smallest absolute Gasteiger partial charge is 0.365 e. The second-order valence-corrected chi connectivity index (χ2v) is 6.23. The van der Waals surface area contributed by atoms with E-state index in [-0.39, 0.29) is 27.4 Å². The minimum atomic E-state index is -4.95. The third kappa shape index (κ3) is 3.33. The van der Waals surface area contributed by atoms with Gasteiger partial charge in [0.05, 0.1) is 16.3 Å². The average Bonchev–Trinajstić information content (AvgIpc) is 2.95. The van der Waals surface area contributed by atoms with Crippen molar-refractivity contribution in [3.63, 3.8) is 0 Å². The number of aryl methyl sites for hydroxylation is 1. The minimum absolute atomic E-state index is 0.0202. The Kier molecular flexibility index (Phi) is 4.88. The Morgan fingerprint density at radius 2 is 1.79 bits per heavy atom. The molecule has 2 aromatic carbocycles. The first-order valence-electron chi connectivity index (χ1n) is 7.70. The number of aromatic nitrogens is 2. The van der Waals surface area contributed by atoms with E-state index in [0.29, 0.717) is 0 Å². The largest absolute Gasteiger partial charge is 0.435 e. The van der Waals surface area contributed by atoms with Crippen molar-refractivity contribution in [2.45, 2.75) is 6.18 Å². The zero-order chi connectivity index (χ0) is 20.8. The van der Waals surface area contributed by atoms with Crippen molar-refractivity contribution in [2.24, 2.45) is 12.8 Å². The molecule has 1 amide bonds. The van der Waals surface area contributed by atoms with Gasteiger partial charge in [-0.15, -0.1) is 0 Å². The van der Waals surface area contributed by atoms with Crippen LogP contribution in [0.5, 0.6) is 0 Å². The Hall–Kier alpha value is -2.94. The molecule has 3 aromatic rings. The van der Waals surface area contributed by atoms with Gasteiger partial charge in [-0.2, -0.15) is 18.3 Å². The molecule has 0 aliphatic carbocycles. The normalized spacial score (nSPS) is 11.7. The first-order chi connectivity index (χ1) is 13.0. The molecule has 0 bridgehead atoms. The Morgan fingerprint density at radius 3 is 2.39 bits per heavy atom. The Balaban J connectivity index is 2.40. The number of benzene rings is 2. The molecule has 2 N–H and O–H groups in total. The molecular weight excluding hydrogens is 405 g/mol. The number of carbonyl (C=O) groups is 1. The molecule has 3 rings (SSSR count). The van der Waals surface area contributed by atoms with Gasteiger partial charge in [-0.1, -0.05) is 23.7 Å². The molecule has 0 radical (unpaired) electrons. The summed E-state index contributed by atoms with van der Waals surface area (Å²) in [7, 11) is 1.18. The summed E-state index contributed by atoms with van der Waals surface area (Å²) in [4.78, 5) is 11.8.